The summed E-state index contributed by atoms with van der Waals surface area (Å²) in [5.41, 5.74) is 4.08. The number of nitrogens with zero attached hydrogens (tertiary/aromatic N) is 4. The first kappa shape index (κ1) is 18.7. The third-order valence-corrected chi connectivity index (χ3v) is 5.91. The second-order valence-electron chi connectivity index (χ2n) is 8.24. The molecule has 1 aromatic carbocycles. The summed E-state index contributed by atoms with van der Waals surface area (Å²) in [6.45, 7) is 8.36. The average molecular weight is 380 g/mol. The first-order chi connectivity index (χ1) is 13.3. The molecule has 6 nitrogen and oxygen atoms in total. The van der Waals surface area contributed by atoms with Crippen LogP contribution in [0.15, 0.2) is 24.5 Å². The maximum atomic E-state index is 11.7. The maximum absolute atomic E-state index is 11.7. The Balaban J connectivity index is 1.75. The number of rotatable bonds is 5. The molecule has 1 aliphatic rings. The Morgan fingerprint density at radius 2 is 2.00 bits per heavy atom. The third kappa shape index (κ3) is 3.32. The van der Waals surface area contributed by atoms with E-state index in [-0.39, 0.29) is 12.0 Å². The first-order valence-electron chi connectivity index (χ1n) is 10.0. The Morgan fingerprint density at radius 3 is 2.64 bits per heavy atom. The molecule has 0 radical (unpaired) electrons. The van der Waals surface area contributed by atoms with Gasteiger partial charge < -0.3 is 4.74 Å². The Hall–Kier alpha value is -2.63. The normalized spacial score (nSPS) is 18.4. The molecule has 0 unspecified atom stereocenters. The van der Waals surface area contributed by atoms with Gasteiger partial charge in [-0.3, -0.25) is 14.2 Å². The summed E-state index contributed by atoms with van der Waals surface area (Å²) in [5.74, 6) is 1.46. The van der Waals surface area contributed by atoms with Crippen LogP contribution in [-0.2, 0) is 11.8 Å². The molecule has 0 bridgehead atoms. The Labute approximate surface area is 165 Å². The van der Waals surface area contributed by atoms with Gasteiger partial charge in [0.1, 0.15) is 11.5 Å². The van der Waals surface area contributed by atoms with E-state index >= 15 is 0 Å². The van der Waals surface area contributed by atoms with Crippen LogP contribution >= 0.6 is 0 Å². The molecule has 28 heavy (non-hydrogen) atoms. The second-order valence-corrected chi connectivity index (χ2v) is 8.24. The van der Waals surface area contributed by atoms with Gasteiger partial charge in [-0.2, -0.15) is 10.2 Å². The summed E-state index contributed by atoms with van der Waals surface area (Å²) in [4.78, 5) is 11.7. The Bertz CT molecular complexity index is 1030. The van der Waals surface area contributed by atoms with Crippen LogP contribution < -0.4 is 4.74 Å². The zero-order chi connectivity index (χ0) is 20.0. The maximum Gasteiger partial charge on any atom is 0.133 e. The van der Waals surface area contributed by atoms with Gasteiger partial charge in [-0.05, 0) is 51.8 Å². The molecule has 0 amide bonds. The predicted molar refractivity (Wildman–Crippen MR) is 109 cm³/mol. The molecule has 1 fully saturated rings. The van der Waals surface area contributed by atoms with Crippen molar-refractivity contribution in [1.29, 1.82) is 0 Å². The monoisotopic (exact) mass is 380 g/mol. The molecule has 1 saturated carbocycles. The highest BCUT2D eigenvalue weighted by molar-refractivity contribution is 5.92. The zero-order valence-corrected chi connectivity index (χ0v) is 17.3. The lowest BCUT2D eigenvalue weighted by Crippen LogP contribution is -2.22. The third-order valence-electron chi connectivity index (χ3n) is 5.91. The van der Waals surface area contributed by atoms with Crippen molar-refractivity contribution in [3.63, 3.8) is 0 Å². The molecule has 4 rings (SSSR count). The van der Waals surface area contributed by atoms with E-state index in [1.54, 1.807) is 0 Å². The number of aryl methyl sites for hydroxylation is 2. The fourth-order valence-corrected chi connectivity index (χ4v) is 4.01. The van der Waals surface area contributed by atoms with Gasteiger partial charge in [-0.1, -0.05) is 0 Å². The molecule has 2 aromatic heterocycles. The highest BCUT2D eigenvalue weighted by atomic mass is 16.5. The fraction of sp³-hybridized carbons (Fsp3) is 0.500. The van der Waals surface area contributed by atoms with Crippen LogP contribution in [0.2, 0.25) is 0 Å². The number of hydrogen-bond donors (Lipinski definition) is 0. The molecule has 3 aromatic rings. The van der Waals surface area contributed by atoms with Crippen molar-refractivity contribution in [2.24, 2.45) is 13.0 Å². The van der Waals surface area contributed by atoms with Crippen molar-refractivity contribution in [3.8, 4) is 16.9 Å². The molecule has 0 saturated heterocycles. The number of ketones is 1. The summed E-state index contributed by atoms with van der Waals surface area (Å²) in [7, 11) is 1.95. The molecule has 6 heteroatoms. The van der Waals surface area contributed by atoms with Gasteiger partial charge in [0.25, 0.3) is 0 Å². The van der Waals surface area contributed by atoms with Crippen molar-refractivity contribution < 1.29 is 9.53 Å². The van der Waals surface area contributed by atoms with E-state index in [4.69, 9.17) is 4.74 Å². The second kappa shape index (κ2) is 7.08. The molecule has 0 spiro atoms. The summed E-state index contributed by atoms with van der Waals surface area (Å²) in [6.07, 6.45) is 6.15. The van der Waals surface area contributed by atoms with Gasteiger partial charge in [-0.15, -0.1) is 0 Å². The molecule has 0 aliphatic heterocycles. The number of aromatic nitrogens is 4. The van der Waals surface area contributed by atoms with Gasteiger partial charge >= 0.3 is 0 Å². The summed E-state index contributed by atoms with van der Waals surface area (Å²) < 4.78 is 10.3. The van der Waals surface area contributed by atoms with Crippen LogP contribution in [0.3, 0.4) is 0 Å². The van der Waals surface area contributed by atoms with Crippen LogP contribution in [-0.4, -0.2) is 31.4 Å². The van der Waals surface area contributed by atoms with Gasteiger partial charge in [0.05, 0.1) is 23.2 Å². The quantitative estimate of drug-likeness (QED) is 0.655. The van der Waals surface area contributed by atoms with E-state index in [2.05, 4.69) is 56.2 Å². The zero-order valence-electron chi connectivity index (χ0n) is 17.3. The van der Waals surface area contributed by atoms with E-state index < -0.39 is 0 Å². The highest BCUT2D eigenvalue weighted by Gasteiger charge is 2.29. The number of ether oxygens (including phenoxy) is 1. The number of benzene rings is 1. The summed E-state index contributed by atoms with van der Waals surface area (Å²) >= 11 is 0. The molecule has 148 valence electrons. The van der Waals surface area contributed by atoms with Crippen LogP contribution in [0.4, 0.5) is 0 Å². The Morgan fingerprint density at radius 1 is 1.21 bits per heavy atom. The lowest BCUT2D eigenvalue weighted by molar-refractivity contribution is -0.117. The van der Waals surface area contributed by atoms with E-state index in [1.165, 1.54) is 0 Å². The highest BCUT2D eigenvalue weighted by Crippen LogP contribution is 2.36. The number of hydrogen-bond acceptors (Lipinski definition) is 4. The molecule has 2 heterocycles. The predicted octanol–water partition coefficient (Wildman–Crippen LogP) is 4.46. The molecule has 0 N–H and O–H groups in total. The standard InChI is InChI=1S/C22H28N4O2/c1-13(2)26-12-18(11-23-26)17-9-20-22(14(3)25(5)24-20)21(10-17)28-15(4)16-6-7-19(27)8-16/h9-13,15-16H,6-8H2,1-5H3/t15-,16-/m1/s1. The van der Waals surface area contributed by atoms with Crippen molar-refractivity contribution in [1.82, 2.24) is 19.6 Å². The van der Waals surface area contributed by atoms with Crippen molar-refractivity contribution in [3.05, 3.63) is 30.2 Å². The van der Waals surface area contributed by atoms with Gasteiger partial charge in [0, 0.05) is 49.3 Å². The van der Waals surface area contributed by atoms with Gasteiger partial charge in [-0.25, -0.2) is 0 Å². The van der Waals surface area contributed by atoms with Crippen LogP contribution in [0, 0.1) is 12.8 Å². The van der Waals surface area contributed by atoms with Crippen molar-refractivity contribution in [2.45, 2.75) is 59.1 Å². The van der Waals surface area contributed by atoms with Crippen LogP contribution in [0.1, 0.15) is 51.8 Å². The van der Waals surface area contributed by atoms with Gasteiger partial charge in [0.15, 0.2) is 0 Å². The average Bonchev–Trinajstić information content (AvgIpc) is 3.35. The number of carbonyl (C=O) groups is 1. The minimum absolute atomic E-state index is 0.0112. The first-order valence-corrected chi connectivity index (χ1v) is 10.0. The van der Waals surface area contributed by atoms with Crippen LogP contribution in [0.5, 0.6) is 5.75 Å². The number of fused-ring (bicyclic) bond motifs is 1. The summed E-state index contributed by atoms with van der Waals surface area (Å²) in [6, 6.07) is 4.50. The molecular formula is C22H28N4O2. The van der Waals surface area contributed by atoms with E-state index in [9.17, 15) is 4.79 Å². The SMILES string of the molecule is Cc1c2c(O[C@H](C)[C@@H]3CCC(=O)C3)cc(-c3cnn(C(C)C)c3)cc2nn1C. The number of carbonyl (C=O) groups excluding carboxylic acids is 1. The van der Waals surface area contributed by atoms with Crippen molar-refractivity contribution >= 4 is 16.7 Å². The van der Waals surface area contributed by atoms with Crippen LogP contribution in [0.25, 0.3) is 22.0 Å². The number of Topliss-reactive ketones (excluding diaryl/α,β-unsaturated/α-hetero) is 1. The molecule has 2 atom stereocenters. The lowest BCUT2D eigenvalue weighted by Gasteiger charge is -2.21. The van der Waals surface area contributed by atoms with Crippen molar-refractivity contribution in [2.75, 3.05) is 0 Å². The largest absolute Gasteiger partial charge is 0.490 e. The molecular weight excluding hydrogens is 352 g/mol. The minimum Gasteiger partial charge on any atom is -0.490 e. The molecule has 1 aliphatic carbocycles. The van der Waals surface area contributed by atoms with E-state index in [0.717, 1.165) is 39.9 Å². The lowest BCUT2D eigenvalue weighted by atomic mass is 10.0. The topological polar surface area (TPSA) is 61.9 Å². The van der Waals surface area contributed by atoms with E-state index in [1.807, 2.05) is 22.6 Å². The summed E-state index contributed by atoms with van der Waals surface area (Å²) in [5, 5.41) is 10.2. The minimum atomic E-state index is -0.0112. The Kier molecular flexibility index (Phi) is 4.73. The van der Waals surface area contributed by atoms with Gasteiger partial charge in [0.2, 0.25) is 0 Å². The van der Waals surface area contributed by atoms with E-state index in [0.29, 0.717) is 24.7 Å². The fourth-order valence-electron chi connectivity index (χ4n) is 4.01. The smallest absolute Gasteiger partial charge is 0.133 e.